The lowest BCUT2D eigenvalue weighted by molar-refractivity contribution is -0.208. The largest absolute Gasteiger partial charge is 0.450 e. The highest BCUT2D eigenvalue weighted by molar-refractivity contribution is 5.67. The van der Waals surface area contributed by atoms with E-state index in [1.165, 1.54) is 9.80 Å². The van der Waals surface area contributed by atoms with Crippen LogP contribution in [-0.4, -0.2) is 72.6 Å². The van der Waals surface area contributed by atoms with Gasteiger partial charge in [0.05, 0.1) is 6.61 Å². The summed E-state index contributed by atoms with van der Waals surface area (Å²) < 4.78 is 41.2. The van der Waals surface area contributed by atoms with E-state index < -0.39 is 24.9 Å². The Hall–Kier alpha value is -1.02. The minimum Gasteiger partial charge on any atom is -0.450 e. The molecule has 0 unspecified atom stereocenters. The van der Waals surface area contributed by atoms with E-state index in [1.807, 2.05) is 0 Å². The number of alkyl halides is 3. The Morgan fingerprint density at radius 3 is 2.33 bits per heavy atom. The molecule has 1 rings (SSSR count). The van der Waals surface area contributed by atoms with Crippen LogP contribution in [0, 0.1) is 0 Å². The van der Waals surface area contributed by atoms with Crippen molar-refractivity contribution >= 4 is 6.09 Å². The summed E-state index contributed by atoms with van der Waals surface area (Å²) in [4.78, 5) is 14.3. The Bertz CT molecular complexity index is 278. The fraction of sp³-hybridized carbons (Fsp3) is 0.900. The molecule has 1 fully saturated rings. The minimum absolute atomic E-state index is 0.270. The van der Waals surface area contributed by atoms with Gasteiger partial charge in [-0.1, -0.05) is 0 Å². The van der Waals surface area contributed by atoms with Crippen molar-refractivity contribution < 1.29 is 27.8 Å². The molecule has 0 bridgehead atoms. The summed E-state index contributed by atoms with van der Waals surface area (Å²) >= 11 is 0. The van der Waals surface area contributed by atoms with Gasteiger partial charge in [-0.05, 0) is 6.92 Å². The second-order valence-electron chi connectivity index (χ2n) is 4.04. The predicted octanol–water partition coefficient (Wildman–Crippen LogP) is 0.684. The lowest BCUT2D eigenvalue weighted by atomic mass is 10.2. The molecule has 0 aromatic rings. The summed E-state index contributed by atoms with van der Waals surface area (Å²) in [6.07, 6.45) is -7.39. The Balaban J connectivity index is 2.33. The van der Waals surface area contributed by atoms with Gasteiger partial charge in [0, 0.05) is 32.7 Å². The lowest BCUT2D eigenvalue weighted by Gasteiger charge is -2.35. The molecule has 0 saturated carbocycles. The lowest BCUT2D eigenvalue weighted by Crippen LogP contribution is -2.52. The van der Waals surface area contributed by atoms with E-state index in [0.29, 0.717) is 26.2 Å². The average Bonchev–Trinajstić information content (AvgIpc) is 2.29. The maximum absolute atomic E-state index is 12.1. The van der Waals surface area contributed by atoms with E-state index in [-0.39, 0.29) is 6.61 Å². The van der Waals surface area contributed by atoms with Crippen molar-refractivity contribution in [3.8, 4) is 0 Å². The maximum Gasteiger partial charge on any atom is 0.415 e. The number of amides is 1. The first-order chi connectivity index (χ1) is 8.34. The molecule has 0 aliphatic carbocycles. The van der Waals surface area contributed by atoms with E-state index in [9.17, 15) is 18.0 Å². The number of nitrogens with zero attached hydrogens (tertiary/aromatic N) is 2. The zero-order valence-corrected chi connectivity index (χ0v) is 10.1. The first-order valence-corrected chi connectivity index (χ1v) is 5.73. The Morgan fingerprint density at radius 2 is 1.89 bits per heavy atom. The third kappa shape index (κ3) is 4.34. The summed E-state index contributed by atoms with van der Waals surface area (Å²) in [6.45, 7) is 2.71. The molecule has 8 heteroatoms. The molecule has 5 nitrogen and oxygen atoms in total. The smallest absolute Gasteiger partial charge is 0.415 e. The molecule has 1 saturated heterocycles. The van der Waals surface area contributed by atoms with Crippen LogP contribution >= 0.6 is 0 Å². The number of rotatable bonds is 3. The topological polar surface area (TPSA) is 53.0 Å². The Morgan fingerprint density at radius 1 is 1.33 bits per heavy atom. The normalized spacial score (nSPS) is 19.7. The molecule has 1 heterocycles. The van der Waals surface area contributed by atoms with Crippen LogP contribution in [0.1, 0.15) is 6.92 Å². The fourth-order valence-electron chi connectivity index (χ4n) is 1.68. The Labute approximate surface area is 103 Å². The number of ether oxygens (including phenoxy) is 1. The number of aliphatic hydroxyl groups excluding tert-OH is 1. The first-order valence-electron chi connectivity index (χ1n) is 5.73. The number of hydrogen-bond donors (Lipinski definition) is 1. The van der Waals surface area contributed by atoms with Crippen molar-refractivity contribution in [3.63, 3.8) is 0 Å². The highest BCUT2D eigenvalue weighted by atomic mass is 19.4. The van der Waals surface area contributed by atoms with Crippen LogP contribution in [0.15, 0.2) is 0 Å². The molecule has 18 heavy (non-hydrogen) atoms. The molecule has 1 aliphatic rings. The van der Waals surface area contributed by atoms with Gasteiger partial charge in [-0.3, -0.25) is 4.90 Å². The number of carbonyl (C=O) groups excluding carboxylic acids is 1. The van der Waals surface area contributed by atoms with Crippen LogP contribution in [0.25, 0.3) is 0 Å². The van der Waals surface area contributed by atoms with Crippen LogP contribution in [-0.2, 0) is 4.74 Å². The molecular weight excluding hydrogens is 253 g/mol. The highest BCUT2D eigenvalue weighted by Gasteiger charge is 2.39. The second-order valence-corrected chi connectivity index (χ2v) is 4.04. The summed E-state index contributed by atoms with van der Waals surface area (Å²) in [7, 11) is 0. The highest BCUT2D eigenvalue weighted by Crippen LogP contribution is 2.21. The zero-order chi connectivity index (χ0) is 13.8. The number of aliphatic hydroxyl groups is 1. The van der Waals surface area contributed by atoms with Gasteiger partial charge in [0.1, 0.15) is 0 Å². The average molecular weight is 270 g/mol. The van der Waals surface area contributed by atoms with Crippen molar-refractivity contribution in [1.82, 2.24) is 9.80 Å². The van der Waals surface area contributed by atoms with Crippen molar-refractivity contribution in [2.45, 2.75) is 19.2 Å². The second kappa shape index (κ2) is 6.24. The summed E-state index contributed by atoms with van der Waals surface area (Å²) in [5.74, 6) is 0. The molecular formula is C10H17F3N2O3. The molecule has 0 aromatic heterocycles. The van der Waals surface area contributed by atoms with Crippen LogP contribution in [0.3, 0.4) is 0 Å². The first kappa shape index (κ1) is 15.0. The molecule has 106 valence electrons. The molecule has 0 radical (unpaired) electrons. The van der Waals surface area contributed by atoms with Gasteiger partial charge < -0.3 is 14.7 Å². The van der Waals surface area contributed by atoms with E-state index >= 15 is 0 Å². The van der Waals surface area contributed by atoms with Crippen LogP contribution in [0.2, 0.25) is 0 Å². The van der Waals surface area contributed by atoms with Gasteiger partial charge >= 0.3 is 12.3 Å². The van der Waals surface area contributed by atoms with E-state index in [1.54, 1.807) is 6.92 Å². The number of halogens is 3. The van der Waals surface area contributed by atoms with Crippen molar-refractivity contribution in [2.24, 2.45) is 0 Å². The minimum atomic E-state index is -4.60. The third-order valence-corrected chi connectivity index (χ3v) is 2.71. The van der Waals surface area contributed by atoms with Gasteiger partial charge in [-0.2, -0.15) is 13.2 Å². The molecule has 1 N–H and O–H groups in total. The van der Waals surface area contributed by atoms with Gasteiger partial charge in [0.25, 0.3) is 0 Å². The van der Waals surface area contributed by atoms with Gasteiger partial charge in [-0.25, -0.2) is 4.79 Å². The number of β-amino-alcohol motifs (C(OH)–C–C–N with tert-alkyl or cyclic N) is 1. The molecule has 0 aromatic carbocycles. The summed E-state index contributed by atoms with van der Waals surface area (Å²) in [6, 6.07) is 0. The van der Waals surface area contributed by atoms with Gasteiger partial charge in [-0.15, -0.1) is 0 Å². The van der Waals surface area contributed by atoms with Crippen molar-refractivity contribution in [1.29, 1.82) is 0 Å². The van der Waals surface area contributed by atoms with Crippen LogP contribution in [0.4, 0.5) is 18.0 Å². The zero-order valence-electron chi connectivity index (χ0n) is 10.1. The molecule has 1 atom stereocenters. The van der Waals surface area contributed by atoms with E-state index in [4.69, 9.17) is 9.84 Å². The predicted molar refractivity (Wildman–Crippen MR) is 57.1 cm³/mol. The fourth-order valence-corrected chi connectivity index (χ4v) is 1.68. The molecule has 1 aliphatic heterocycles. The standard InChI is InChI=1S/C10H17F3N2O3/c1-2-18-9(17)15-5-3-14(4-6-15)7-8(16)10(11,12)13/h8,16H,2-7H2,1H3/t8-/m0/s1. The maximum atomic E-state index is 12.1. The van der Waals surface area contributed by atoms with Crippen molar-refractivity contribution in [2.75, 3.05) is 39.3 Å². The van der Waals surface area contributed by atoms with E-state index in [2.05, 4.69) is 0 Å². The molecule has 0 spiro atoms. The van der Waals surface area contributed by atoms with Crippen LogP contribution in [0.5, 0.6) is 0 Å². The Kier molecular flexibility index (Phi) is 5.21. The van der Waals surface area contributed by atoms with Gasteiger partial charge in [0.2, 0.25) is 0 Å². The summed E-state index contributed by atoms with van der Waals surface area (Å²) in [5, 5.41) is 8.93. The molecule has 1 amide bonds. The SMILES string of the molecule is CCOC(=O)N1CCN(C[C@H](O)C(F)(F)F)CC1. The van der Waals surface area contributed by atoms with Gasteiger partial charge in [0.15, 0.2) is 6.10 Å². The monoisotopic (exact) mass is 270 g/mol. The van der Waals surface area contributed by atoms with Crippen LogP contribution < -0.4 is 0 Å². The number of carbonyl (C=O) groups is 1. The van der Waals surface area contributed by atoms with Crippen molar-refractivity contribution in [3.05, 3.63) is 0 Å². The quantitative estimate of drug-likeness (QED) is 0.819. The number of hydrogen-bond acceptors (Lipinski definition) is 4. The third-order valence-electron chi connectivity index (χ3n) is 2.71. The number of piperazine rings is 1. The summed E-state index contributed by atoms with van der Waals surface area (Å²) in [5.41, 5.74) is 0. The van der Waals surface area contributed by atoms with E-state index in [0.717, 1.165) is 0 Å².